The van der Waals surface area contributed by atoms with E-state index >= 15 is 0 Å². The lowest BCUT2D eigenvalue weighted by Gasteiger charge is -2.16. The Hall–Kier alpha value is -2.73. The summed E-state index contributed by atoms with van der Waals surface area (Å²) in [6, 6.07) is 7.62. The van der Waals surface area contributed by atoms with Crippen LogP contribution in [0.2, 0.25) is 0 Å². The number of aryl methyl sites for hydroxylation is 1. The number of para-hydroxylation sites is 1. The maximum Gasteiger partial charge on any atom is 0.260 e. The molecule has 0 bridgehead atoms. The molecule has 0 aliphatic carbocycles. The largest absolute Gasteiger partial charge is 0.365 e. The Bertz CT molecular complexity index is 1070. The second-order valence-electron chi connectivity index (χ2n) is 6.99. The van der Waals surface area contributed by atoms with Gasteiger partial charge in [-0.1, -0.05) is 18.2 Å². The van der Waals surface area contributed by atoms with Crippen molar-refractivity contribution in [3.8, 4) is 0 Å². The first-order valence-electron chi connectivity index (χ1n) is 8.67. The summed E-state index contributed by atoms with van der Waals surface area (Å²) in [7, 11) is 5.68. The van der Waals surface area contributed by atoms with Crippen molar-refractivity contribution in [1.29, 1.82) is 0 Å². The van der Waals surface area contributed by atoms with E-state index in [4.69, 9.17) is 5.73 Å². The SMILES string of the molecule is Cc1cccc2cc3c(=O)n(C)c(CCCN(C)C)c(C(N)=O)c3nc12. The number of primary amides is 1. The van der Waals surface area contributed by atoms with Gasteiger partial charge in [0.2, 0.25) is 0 Å². The van der Waals surface area contributed by atoms with Gasteiger partial charge in [-0.2, -0.15) is 0 Å². The standard InChI is InChI=1S/C20H24N4O2/c1-12-7-5-8-13-11-14-18(22-17(12)13)16(19(21)25)15(24(4)20(14)26)9-6-10-23(2)3/h5,7-8,11H,6,9-10H2,1-4H3,(H2,21,25). The Morgan fingerprint density at radius 1 is 1.27 bits per heavy atom. The highest BCUT2D eigenvalue weighted by molar-refractivity contribution is 6.08. The Labute approximate surface area is 152 Å². The van der Waals surface area contributed by atoms with Crippen molar-refractivity contribution in [2.45, 2.75) is 19.8 Å². The molecule has 2 N–H and O–H groups in total. The van der Waals surface area contributed by atoms with Crippen LogP contribution in [0.3, 0.4) is 0 Å². The van der Waals surface area contributed by atoms with Crippen molar-refractivity contribution < 1.29 is 4.79 Å². The molecule has 3 rings (SSSR count). The van der Waals surface area contributed by atoms with Crippen molar-refractivity contribution in [2.24, 2.45) is 12.8 Å². The van der Waals surface area contributed by atoms with E-state index in [-0.39, 0.29) is 5.56 Å². The molecular formula is C20H24N4O2. The van der Waals surface area contributed by atoms with Gasteiger partial charge in [0, 0.05) is 18.1 Å². The quantitative estimate of drug-likeness (QED) is 0.712. The lowest BCUT2D eigenvalue weighted by Crippen LogP contribution is -2.28. The molecule has 136 valence electrons. The Morgan fingerprint density at radius 2 is 2.00 bits per heavy atom. The number of rotatable bonds is 5. The van der Waals surface area contributed by atoms with Gasteiger partial charge in [0.15, 0.2) is 0 Å². The molecule has 2 heterocycles. The zero-order chi connectivity index (χ0) is 19.0. The summed E-state index contributed by atoms with van der Waals surface area (Å²) < 4.78 is 1.54. The van der Waals surface area contributed by atoms with Crippen LogP contribution >= 0.6 is 0 Å². The fourth-order valence-corrected chi connectivity index (χ4v) is 3.42. The molecule has 6 heteroatoms. The van der Waals surface area contributed by atoms with Crippen LogP contribution in [0, 0.1) is 6.92 Å². The predicted octanol–water partition coefficient (Wildman–Crippen LogP) is 1.99. The molecule has 0 aliphatic rings. The van der Waals surface area contributed by atoms with Crippen LogP contribution in [0.25, 0.3) is 21.8 Å². The van der Waals surface area contributed by atoms with Gasteiger partial charge in [0.25, 0.3) is 11.5 Å². The van der Waals surface area contributed by atoms with Gasteiger partial charge in [-0.25, -0.2) is 4.98 Å². The Kier molecular flexibility index (Phi) is 4.78. The third kappa shape index (κ3) is 3.08. The summed E-state index contributed by atoms with van der Waals surface area (Å²) in [5.74, 6) is -0.550. The molecule has 0 fully saturated rings. The molecule has 0 spiro atoms. The van der Waals surface area contributed by atoms with Gasteiger partial charge < -0.3 is 15.2 Å². The predicted molar refractivity (Wildman–Crippen MR) is 105 cm³/mol. The second kappa shape index (κ2) is 6.88. The van der Waals surface area contributed by atoms with E-state index in [0.29, 0.717) is 28.6 Å². The first-order valence-corrected chi connectivity index (χ1v) is 8.67. The number of nitrogens with two attached hydrogens (primary N) is 1. The highest BCUT2D eigenvalue weighted by Crippen LogP contribution is 2.24. The lowest BCUT2D eigenvalue weighted by molar-refractivity contribution is 0.1000. The van der Waals surface area contributed by atoms with Gasteiger partial charge in [0.1, 0.15) is 0 Å². The molecule has 0 radical (unpaired) electrons. The monoisotopic (exact) mass is 352 g/mol. The topological polar surface area (TPSA) is 81.2 Å². The second-order valence-corrected chi connectivity index (χ2v) is 6.99. The number of nitrogens with zero attached hydrogens (tertiary/aromatic N) is 3. The normalized spacial score (nSPS) is 11.6. The number of hydrogen-bond acceptors (Lipinski definition) is 4. The molecule has 0 unspecified atom stereocenters. The van der Waals surface area contributed by atoms with Crippen LogP contribution in [0.1, 0.15) is 28.0 Å². The molecule has 3 aromatic rings. The highest BCUT2D eigenvalue weighted by Gasteiger charge is 2.20. The summed E-state index contributed by atoms with van der Waals surface area (Å²) in [5, 5.41) is 1.31. The van der Waals surface area contributed by atoms with Crippen LogP contribution in [0.5, 0.6) is 0 Å². The Balaban J connectivity index is 2.34. The van der Waals surface area contributed by atoms with E-state index in [1.165, 1.54) is 0 Å². The van der Waals surface area contributed by atoms with E-state index in [9.17, 15) is 9.59 Å². The van der Waals surface area contributed by atoms with Crippen molar-refractivity contribution in [2.75, 3.05) is 20.6 Å². The number of amides is 1. The van der Waals surface area contributed by atoms with Gasteiger partial charge in [-0.05, 0) is 52.0 Å². The minimum Gasteiger partial charge on any atom is -0.365 e. The molecule has 1 aromatic carbocycles. The minimum absolute atomic E-state index is 0.152. The van der Waals surface area contributed by atoms with Crippen LogP contribution in [-0.2, 0) is 13.5 Å². The number of aromatic nitrogens is 2. The number of carbonyl (C=O) groups excluding carboxylic acids is 1. The molecule has 0 atom stereocenters. The number of carbonyl (C=O) groups is 1. The van der Waals surface area contributed by atoms with Gasteiger partial charge in [-0.15, -0.1) is 0 Å². The summed E-state index contributed by atoms with van der Waals surface area (Å²) in [6.07, 6.45) is 1.41. The van der Waals surface area contributed by atoms with Gasteiger partial charge in [0.05, 0.1) is 22.0 Å². The molecule has 6 nitrogen and oxygen atoms in total. The maximum absolute atomic E-state index is 12.9. The summed E-state index contributed by atoms with van der Waals surface area (Å²) in [4.78, 5) is 31.9. The summed E-state index contributed by atoms with van der Waals surface area (Å²) >= 11 is 0. The van der Waals surface area contributed by atoms with Gasteiger partial charge in [-0.3, -0.25) is 9.59 Å². The molecule has 0 aliphatic heterocycles. The number of hydrogen-bond donors (Lipinski definition) is 1. The third-order valence-corrected chi connectivity index (χ3v) is 4.78. The Morgan fingerprint density at radius 3 is 2.65 bits per heavy atom. The highest BCUT2D eigenvalue weighted by atomic mass is 16.1. The average molecular weight is 352 g/mol. The lowest BCUT2D eigenvalue weighted by atomic mass is 10.0. The molecule has 0 saturated heterocycles. The van der Waals surface area contributed by atoms with Crippen LogP contribution in [-0.4, -0.2) is 41.0 Å². The van der Waals surface area contributed by atoms with E-state index < -0.39 is 5.91 Å². The van der Waals surface area contributed by atoms with Crippen molar-refractivity contribution in [3.63, 3.8) is 0 Å². The minimum atomic E-state index is -0.550. The van der Waals surface area contributed by atoms with Crippen LogP contribution in [0.15, 0.2) is 29.1 Å². The van der Waals surface area contributed by atoms with E-state index in [1.807, 2.05) is 45.3 Å². The summed E-state index contributed by atoms with van der Waals surface area (Å²) in [5.41, 5.74) is 8.75. The number of pyridine rings is 2. The van der Waals surface area contributed by atoms with E-state index in [0.717, 1.165) is 29.4 Å². The molecule has 0 saturated carbocycles. The maximum atomic E-state index is 12.9. The van der Waals surface area contributed by atoms with Crippen molar-refractivity contribution in [1.82, 2.24) is 14.5 Å². The number of fused-ring (bicyclic) bond motifs is 2. The number of benzene rings is 1. The summed E-state index contributed by atoms with van der Waals surface area (Å²) in [6.45, 7) is 2.82. The van der Waals surface area contributed by atoms with E-state index in [1.54, 1.807) is 11.6 Å². The zero-order valence-electron chi connectivity index (χ0n) is 15.7. The van der Waals surface area contributed by atoms with E-state index in [2.05, 4.69) is 9.88 Å². The van der Waals surface area contributed by atoms with Crippen LogP contribution < -0.4 is 11.3 Å². The average Bonchev–Trinajstić information content (AvgIpc) is 2.58. The molecule has 26 heavy (non-hydrogen) atoms. The van der Waals surface area contributed by atoms with Crippen LogP contribution in [0.4, 0.5) is 0 Å². The fraction of sp³-hybridized carbons (Fsp3) is 0.350. The van der Waals surface area contributed by atoms with Gasteiger partial charge >= 0.3 is 0 Å². The zero-order valence-corrected chi connectivity index (χ0v) is 15.7. The van der Waals surface area contributed by atoms with Crippen molar-refractivity contribution in [3.05, 3.63) is 51.4 Å². The fourth-order valence-electron chi connectivity index (χ4n) is 3.42. The molecular weight excluding hydrogens is 328 g/mol. The van der Waals surface area contributed by atoms with Crippen molar-refractivity contribution >= 4 is 27.7 Å². The molecule has 2 aromatic heterocycles. The first-order chi connectivity index (χ1) is 12.3. The molecule has 1 amide bonds. The smallest absolute Gasteiger partial charge is 0.260 e. The first kappa shape index (κ1) is 18.1. The third-order valence-electron chi connectivity index (χ3n) is 4.78.